The van der Waals surface area contributed by atoms with E-state index in [1.165, 1.54) is 6.33 Å². The number of amides is 1. The largest absolute Gasteiger partial charge is 0.349 e. The van der Waals surface area contributed by atoms with Gasteiger partial charge in [0, 0.05) is 12.3 Å². The van der Waals surface area contributed by atoms with Crippen molar-refractivity contribution in [2.75, 3.05) is 5.88 Å². The highest BCUT2D eigenvalue weighted by Crippen LogP contribution is 1.87. The molecule has 66 valence electrons. The minimum Gasteiger partial charge on any atom is -0.349 e. The molecule has 0 saturated carbocycles. The van der Waals surface area contributed by atoms with Gasteiger partial charge < -0.3 is 5.32 Å². The third-order valence-electron chi connectivity index (χ3n) is 1.24. The van der Waals surface area contributed by atoms with Gasteiger partial charge in [0.15, 0.2) is 0 Å². The summed E-state index contributed by atoms with van der Waals surface area (Å²) in [6, 6.07) is 0. The number of nitrogens with zero attached hydrogens (tertiary/aromatic N) is 2. The van der Waals surface area contributed by atoms with Crippen molar-refractivity contribution in [2.24, 2.45) is 0 Å². The predicted octanol–water partition coefficient (Wildman–Crippen LogP) is 0.0498. The summed E-state index contributed by atoms with van der Waals surface area (Å²) < 4.78 is 0. The standard InChI is InChI=1S/C6H9ClN4O/c7-2-1-6(12)8-3-5-9-4-10-11-5/h4H,1-3H2,(H,8,12)(H,9,10,11). The Hall–Kier alpha value is -1.10. The maximum atomic E-state index is 10.9. The topological polar surface area (TPSA) is 70.7 Å². The van der Waals surface area contributed by atoms with Crippen molar-refractivity contribution in [3.63, 3.8) is 0 Å². The molecule has 6 heteroatoms. The van der Waals surface area contributed by atoms with Gasteiger partial charge in [-0.05, 0) is 0 Å². The molecule has 1 rings (SSSR count). The molecular formula is C6H9ClN4O. The quantitative estimate of drug-likeness (QED) is 0.656. The number of aromatic amines is 1. The summed E-state index contributed by atoms with van der Waals surface area (Å²) in [6.45, 7) is 0.371. The summed E-state index contributed by atoms with van der Waals surface area (Å²) in [5, 5.41) is 8.89. The Balaban J connectivity index is 2.22. The molecular weight excluding hydrogens is 180 g/mol. The Kier molecular flexibility index (Phi) is 3.53. The molecule has 0 radical (unpaired) electrons. The zero-order chi connectivity index (χ0) is 8.81. The normalized spacial score (nSPS) is 9.75. The monoisotopic (exact) mass is 188 g/mol. The van der Waals surface area contributed by atoms with Gasteiger partial charge in [0.1, 0.15) is 12.2 Å². The summed E-state index contributed by atoms with van der Waals surface area (Å²) in [6.07, 6.45) is 1.72. The lowest BCUT2D eigenvalue weighted by Gasteiger charge is -1.99. The lowest BCUT2D eigenvalue weighted by molar-refractivity contribution is -0.120. The third-order valence-corrected chi connectivity index (χ3v) is 1.43. The Morgan fingerprint density at radius 1 is 1.75 bits per heavy atom. The molecule has 0 aliphatic heterocycles. The molecule has 0 aromatic carbocycles. The van der Waals surface area contributed by atoms with Crippen LogP contribution in [0.3, 0.4) is 0 Å². The highest BCUT2D eigenvalue weighted by Gasteiger charge is 2.00. The summed E-state index contributed by atoms with van der Waals surface area (Å²) in [4.78, 5) is 14.7. The van der Waals surface area contributed by atoms with Crippen molar-refractivity contribution in [3.8, 4) is 0 Å². The van der Waals surface area contributed by atoms with E-state index in [1.54, 1.807) is 0 Å². The second-order valence-electron chi connectivity index (χ2n) is 2.15. The Morgan fingerprint density at radius 2 is 2.58 bits per heavy atom. The van der Waals surface area contributed by atoms with Gasteiger partial charge in [0.2, 0.25) is 5.91 Å². The molecule has 1 aromatic rings. The number of H-pyrrole nitrogens is 1. The highest BCUT2D eigenvalue weighted by atomic mass is 35.5. The van der Waals surface area contributed by atoms with E-state index < -0.39 is 0 Å². The average molecular weight is 189 g/mol. The molecule has 5 nitrogen and oxygen atoms in total. The number of nitrogens with one attached hydrogen (secondary N) is 2. The fourth-order valence-corrected chi connectivity index (χ4v) is 0.844. The molecule has 1 aromatic heterocycles. The summed E-state index contributed by atoms with van der Waals surface area (Å²) in [5.74, 6) is 0.890. The first kappa shape index (κ1) is 8.99. The van der Waals surface area contributed by atoms with Crippen molar-refractivity contribution in [1.82, 2.24) is 20.5 Å². The van der Waals surface area contributed by atoms with E-state index >= 15 is 0 Å². The molecule has 0 unspecified atom stereocenters. The number of carbonyl (C=O) groups is 1. The van der Waals surface area contributed by atoms with Crippen LogP contribution in [0.25, 0.3) is 0 Å². The molecule has 0 spiro atoms. The second-order valence-corrected chi connectivity index (χ2v) is 2.53. The van der Waals surface area contributed by atoms with E-state index in [0.717, 1.165) is 0 Å². The molecule has 2 N–H and O–H groups in total. The van der Waals surface area contributed by atoms with Crippen LogP contribution < -0.4 is 5.32 Å². The van der Waals surface area contributed by atoms with Gasteiger partial charge >= 0.3 is 0 Å². The maximum absolute atomic E-state index is 10.9. The van der Waals surface area contributed by atoms with E-state index in [0.29, 0.717) is 24.7 Å². The zero-order valence-corrected chi connectivity index (χ0v) is 7.14. The number of carbonyl (C=O) groups excluding carboxylic acids is 1. The number of hydrogen-bond acceptors (Lipinski definition) is 3. The number of alkyl halides is 1. The maximum Gasteiger partial charge on any atom is 0.221 e. The molecule has 0 saturated heterocycles. The van der Waals surface area contributed by atoms with Gasteiger partial charge in [-0.15, -0.1) is 11.6 Å². The summed E-state index contributed by atoms with van der Waals surface area (Å²) in [7, 11) is 0. The van der Waals surface area contributed by atoms with Crippen LogP contribution >= 0.6 is 11.6 Å². The fraction of sp³-hybridized carbons (Fsp3) is 0.500. The molecule has 1 amide bonds. The summed E-state index contributed by atoms with van der Waals surface area (Å²) in [5.41, 5.74) is 0. The average Bonchev–Trinajstić information content (AvgIpc) is 2.53. The smallest absolute Gasteiger partial charge is 0.221 e. The van der Waals surface area contributed by atoms with E-state index in [-0.39, 0.29) is 5.91 Å². The van der Waals surface area contributed by atoms with Gasteiger partial charge in [0.25, 0.3) is 0 Å². The van der Waals surface area contributed by atoms with Crippen LogP contribution in [0.1, 0.15) is 12.2 Å². The molecule has 0 fully saturated rings. The minimum absolute atomic E-state index is 0.0820. The molecule has 12 heavy (non-hydrogen) atoms. The Morgan fingerprint density at radius 3 is 3.17 bits per heavy atom. The molecule has 0 aliphatic rings. The fourth-order valence-electron chi connectivity index (χ4n) is 0.672. The lowest BCUT2D eigenvalue weighted by Crippen LogP contribution is -2.23. The zero-order valence-electron chi connectivity index (χ0n) is 6.38. The van der Waals surface area contributed by atoms with E-state index in [1.807, 2.05) is 0 Å². The molecule has 0 bridgehead atoms. The van der Waals surface area contributed by atoms with Crippen molar-refractivity contribution in [2.45, 2.75) is 13.0 Å². The first-order valence-electron chi connectivity index (χ1n) is 3.50. The van der Waals surface area contributed by atoms with Gasteiger partial charge in [0.05, 0.1) is 6.54 Å². The van der Waals surface area contributed by atoms with Crippen LogP contribution in [0.5, 0.6) is 0 Å². The Bertz CT molecular complexity index is 236. The van der Waals surface area contributed by atoms with Crippen molar-refractivity contribution in [3.05, 3.63) is 12.2 Å². The number of rotatable bonds is 4. The van der Waals surface area contributed by atoms with E-state index in [9.17, 15) is 4.79 Å². The minimum atomic E-state index is -0.0820. The number of halogens is 1. The number of aromatic nitrogens is 3. The van der Waals surface area contributed by atoms with Crippen LogP contribution in [0.4, 0.5) is 0 Å². The second kappa shape index (κ2) is 4.71. The predicted molar refractivity (Wildman–Crippen MR) is 43.6 cm³/mol. The highest BCUT2D eigenvalue weighted by molar-refractivity contribution is 6.18. The van der Waals surface area contributed by atoms with Crippen molar-refractivity contribution < 1.29 is 4.79 Å². The van der Waals surface area contributed by atoms with Crippen LogP contribution in [-0.4, -0.2) is 27.0 Å². The summed E-state index contributed by atoms with van der Waals surface area (Å²) >= 11 is 5.36. The van der Waals surface area contributed by atoms with Gasteiger partial charge in [-0.1, -0.05) is 0 Å². The SMILES string of the molecule is O=C(CCCl)NCc1ncn[nH]1. The van der Waals surface area contributed by atoms with Gasteiger partial charge in [-0.25, -0.2) is 4.98 Å². The van der Waals surface area contributed by atoms with Gasteiger partial charge in [-0.3, -0.25) is 9.89 Å². The van der Waals surface area contributed by atoms with Crippen molar-refractivity contribution in [1.29, 1.82) is 0 Å². The van der Waals surface area contributed by atoms with E-state index in [4.69, 9.17) is 11.6 Å². The third kappa shape index (κ3) is 2.87. The van der Waals surface area contributed by atoms with Crippen LogP contribution in [0, 0.1) is 0 Å². The van der Waals surface area contributed by atoms with Gasteiger partial charge in [-0.2, -0.15) is 5.10 Å². The first-order chi connectivity index (χ1) is 5.83. The van der Waals surface area contributed by atoms with Crippen LogP contribution in [0.2, 0.25) is 0 Å². The van der Waals surface area contributed by atoms with Crippen molar-refractivity contribution >= 4 is 17.5 Å². The molecule has 0 atom stereocenters. The van der Waals surface area contributed by atoms with Crippen LogP contribution in [0.15, 0.2) is 6.33 Å². The van der Waals surface area contributed by atoms with Crippen LogP contribution in [-0.2, 0) is 11.3 Å². The molecule has 0 aliphatic carbocycles. The first-order valence-corrected chi connectivity index (χ1v) is 4.03. The number of hydrogen-bond donors (Lipinski definition) is 2. The lowest BCUT2D eigenvalue weighted by atomic mass is 10.4. The molecule has 1 heterocycles. The Labute approximate surface area is 74.5 Å². The van der Waals surface area contributed by atoms with E-state index in [2.05, 4.69) is 20.5 Å².